The molecule has 18 heavy (non-hydrogen) atoms. The molecule has 3 rings (SSSR count). The van der Waals surface area contributed by atoms with E-state index >= 15 is 0 Å². The lowest BCUT2D eigenvalue weighted by molar-refractivity contribution is 0.228. The van der Waals surface area contributed by atoms with E-state index in [2.05, 4.69) is 26.3 Å². The van der Waals surface area contributed by atoms with Crippen LogP contribution in [0.15, 0.2) is 29.9 Å². The molecule has 1 saturated carbocycles. The Morgan fingerprint density at radius 3 is 3.11 bits per heavy atom. The topological polar surface area (TPSA) is 50.1 Å². The number of imidazole rings is 1. The van der Waals surface area contributed by atoms with E-state index in [1.165, 1.54) is 17.7 Å². The molecular formula is C13H17N3OS. The average molecular weight is 263 g/mol. The van der Waals surface area contributed by atoms with E-state index in [0.717, 1.165) is 12.4 Å². The Morgan fingerprint density at radius 2 is 2.44 bits per heavy atom. The molecule has 5 heteroatoms. The average Bonchev–Trinajstić information content (AvgIpc) is 2.88. The van der Waals surface area contributed by atoms with Crippen molar-refractivity contribution in [1.82, 2.24) is 14.9 Å². The summed E-state index contributed by atoms with van der Waals surface area (Å²) in [6, 6.07) is 4.83. The highest BCUT2D eigenvalue weighted by atomic mass is 32.1. The van der Waals surface area contributed by atoms with Crippen molar-refractivity contribution in [2.75, 3.05) is 6.61 Å². The number of aromatic nitrogens is 2. The van der Waals surface area contributed by atoms with Gasteiger partial charge in [-0.1, -0.05) is 6.07 Å². The minimum Gasteiger partial charge on any atom is -0.395 e. The van der Waals surface area contributed by atoms with Crippen LogP contribution in [-0.2, 0) is 6.54 Å². The lowest BCUT2D eigenvalue weighted by atomic mass is 10.3. The number of thiophene rings is 1. The zero-order valence-corrected chi connectivity index (χ0v) is 10.9. The monoisotopic (exact) mass is 263 g/mol. The number of nitrogens with one attached hydrogen (secondary N) is 1. The second-order valence-corrected chi connectivity index (χ2v) is 5.65. The van der Waals surface area contributed by atoms with Crippen molar-refractivity contribution < 1.29 is 5.11 Å². The van der Waals surface area contributed by atoms with Crippen molar-refractivity contribution >= 4 is 11.3 Å². The van der Waals surface area contributed by atoms with Crippen molar-refractivity contribution in [3.63, 3.8) is 0 Å². The second-order valence-electron chi connectivity index (χ2n) is 4.70. The minimum absolute atomic E-state index is 0.116. The first-order valence-corrected chi connectivity index (χ1v) is 7.16. The number of hydrogen-bond acceptors (Lipinski definition) is 4. The van der Waals surface area contributed by atoms with E-state index in [9.17, 15) is 5.11 Å². The predicted octanol–water partition coefficient (Wildman–Crippen LogP) is 1.72. The van der Waals surface area contributed by atoms with Gasteiger partial charge in [0.2, 0.25) is 0 Å². The lowest BCUT2D eigenvalue weighted by Gasteiger charge is -2.17. The Labute approximate surface area is 110 Å². The van der Waals surface area contributed by atoms with E-state index in [0.29, 0.717) is 6.04 Å². The summed E-state index contributed by atoms with van der Waals surface area (Å²) in [4.78, 5) is 5.57. The Morgan fingerprint density at radius 1 is 1.56 bits per heavy atom. The van der Waals surface area contributed by atoms with E-state index in [1.807, 2.05) is 18.5 Å². The summed E-state index contributed by atoms with van der Waals surface area (Å²) in [6.45, 7) is 0.929. The van der Waals surface area contributed by atoms with Crippen LogP contribution in [0.5, 0.6) is 0 Å². The molecule has 1 aliphatic rings. The fraction of sp³-hybridized carbons (Fsp3) is 0.462. The highest BCUT2D eigenvalue weighted by molar-refractivity contribution is 7.13. The molecule has 0 spiro atoms. The summed E-state index contributed by atoms with van der Waals surface area (Å²) in [5, 5.41) is 14.9. The molecule has 2 aromatic rings. The number of nitrogens with zero attached hydrogens (tertiary/aromatic N) is 2. The molecule has 2 heterocycles. The molecule has 0 bridgehead atoms. The Bertz CT molecular complexity index is 490. The zero-order valence-electron chi connectivity index (χ0n) is 10.1. The second kappa shape index (κ2) is 5.22. The summed E-state index contributed by atoms with van der Waals surface area (Å²) in [5.41, 5.74) is 0. The van der Waals surface area contributed by atoms with Crippen molar-refractivity contribution in [1.29, 1.82) is 0 Å². The molecule has 1 atom stereocenters. The molecule has 0 radical (unpaired) electrons. The summed E-state index contributed by atoms with van der Waals surface area (Å²) < 4.78 is 2.11. The van der Waals surface area contributed by atoms with Gasteiger partial charge in [-0.25, -0.2) is 4.98 Å². The SMILES string of the molecule is OCC(Cn1ccnc1-c1cccs1)NC1CC1. The summed E-state index contributed by atoms with van der Waals surface area (Å²) in [6.07, 6.45) is 6.27. The van der Waals surface area contributed by atoms with Crippen molar-refractivity contribution in [3.05, 3.63) is 29.9 Å². The molecular weight excluding hydrogens is 246 g/mol. The van der Waals surface area contributed by atoms with Gasteiger partial charge in [0.1, 0.15) is 5.82 Å². The molecule has 4 nitrogen and oxygen atoms in total. The van der Waals surface area contributed by atoms with Crippen LogP contribution in [-0.4, -0.2) is 33.3 Å². The molecule has 2 aromatic heterocycles. The van der Waals surface area contributed by atoms with Crippen LogP contribution in [0.2, 0.25) is 0 Å². The molecule has 0 saturated heterocycles. The fourth-order valence-electron chi connectivity index (χ4n) is 2.07. The zero-order chi connectivity index (χ0) is 12.4. The van der Waals surface area contributed by atoms with Crippen LogP contribution in [0.1, 0.15) is 12.8 Å². The number of aliphatic hydroxyl groups excluding tert-OH is 1. The van der Waals surface area contributed by atoms with Crippen molar-refractivity contribution in [2.24, 2.45) is 0 Å². The van der Waals surface area contributed by atoms with Gasteiger partial charge in [-0.15, -0.1) is 11.3 Å². The summed E-state index contributed by atoms with van der Waals surface area (Å²) >= 11 is 1.69. The van der Waals surface area contributed by atoms with E-state index in [1.54, 1.807) is 11.3 Å². The van der Waals surface area contributed by atoms with Gasteiger partial charge in [-0.05, 0) is 24.3 Å². The molecule has 2 N–H and O–H groups in total. The molecule has 1 fully saturated rings. The largest absolute Gasteiger partial charge is 0.395 e. The molecule has 0 aromatic carbocycles. The first-order chi connectivity index (χ1) is 8.86. The quantitative estimate of drug-likeness (QED) is 0.834. The van der Waals surface area contributed by atoms with Gasteiger partial charge in [0.15, 0.2) is 0 Å². The van der Waals surface area contributed by atoms with Crippen LogP contribution in [0, 0.1) is 0 Å². The maximum Gasteiger partial charge on any atom is 0.150 e. The highest BCUT2D eigenvalue weighted by Gasteiger charge is 2.24. The van der Waals surface area contributed by atoms with Gasteiger partial charge in [0, 0.05) is 31.0 Å². The van der Waals surface area contributed by atoms with E-state index in [4.69, 9.17) is 0 Å². The molecule has 1 aliphatic carbocycles. The predicted molar refractivity (Wildman–Crippen MR) is 72.6 cm³/mol. The molecule has 0 aliphatic heterocycles. The normalized spacial score (nSPS) is 16.9. The van der Waals surface area contributed by atoms with Crippen LogP contribution < -0.4 is 5.32 Å². The maximum absolute atomic E-state index is 9.43. The van der Waals surface area contributed by atoms with Gasteiger partial charge in [0.05, 0.1) is 11.5 Å². The van der Waals surface area contributed by atoms with Gasteiger partial charge in [0.25, 0.3) is 0 Å². The number of rotatable bonds is 6. The Balaban J connectivity index is 1.73. The molecule has 96 valence electrons. The fourth-order valence-corrected chi connectivity index (χ4v) is 2.81. The van der Waals surface area contributed by atoms with Gasteiger partial charge < -0.3 is 15.0 Å². The summed E-state index contributed by atoms with van der Waals surface area (Å²) in [5.74, 6) is 0.987. The lowest BCUT2D eigenvalue weighted by Crippen LogP contribution is -2.37. The first kappa shape index (κ1) is 11.9. The number of hydrogen-bond donors (Lipinski definition) is 2. The van der Waals surface area contributed by atoms with Gasteiger partial charge in [-0.3, -0.25) is 0 Å². The van der Waals surface area contributed by atoms with Crippen molar-refractivity contribution in [2.45, 2.75) is 31.5 Å². The third kappa shape index (κ3) is 2.63. The van der Waals surface area contributed by atoms with E-state index < -0.39 is 0 Å². The highest BCUT2D eigenvalue weighted by Crippen LogP contribution is 2.24. The van der Waals surface area contributed by atoms with Gasteiger partial charge in [-0.2, -0.15) is 0 Å². The van der Waals surface area contributed by atoms with E-state index in [-0.39, 0.29) is 12.6 Å². The number of aliphatic hydroxyl groups is 1. The Hall–Kier alpha value is -1.17. The Kier molecular flexibility index (Phi) is 3.45. The maximum atomic E-state index is 9.43. The smallest absolute Gasteiger partial charge is 0.150 e. The van der Waals surface area contributed by atoms with Crippen LogP contribution in [0.25, 0.3) is 10.7 Å². The van der Waals surface area contributed by atoms with Crippen LogP contribution in [0.4, 0.5) is 0 Å². The third-order valence-corrected chi connectivity index (χ3v) is 4.01. The first-order valence-electron chi connectivity index (χ1n) is 6.28. The summed E-state index contributed by atoms with van der Waals surface area (Å²) in [7, 11) is 0. The van der Waals surface area contributed by atoms with Crippen LogP contribution >= 0.6 is 11.3 Å². The third-order valence-electron chi connectivity index (χ3n) is 3.14. The van der Waals surface area contributed by atoms with Gasteiger partial charge >= 0.3 is 0 Å². The minimum atomic E-state index is 0.116. The van der Waals surface area contributed by atoms with Crippen molar-refractivity contribution in [3.8, 4) is 10.7 Å². The standard InChI is InChI=1S/C13H17N3OS/c17-9-11(15-10-3-4-10)8-16-6-5-14-13(16)12-2-1-7-18-12/h1-2,5-7,10-11,15,17H,3-4,8-9H2. The molecule has 0 amide bonds. The van der Waals surface area contributed by atoms with Crippen LogP contribution in [0.3, 0.4) is 0 Å². The molecule has 1 unspecified atom stereocenters.